The molecule has 0 atom stereocenters. The van der Waals surface area contributed by atoms with E-state index in [1.54, 1.807) is 31.3 Å². The number of rotatable bonds is 9. The molecule has 0 bridgehead atoms. The summed E-state index contributed by atoms with van der Waals surface area (Å²) in [6.45, 7) is 2.43. The first-order valence-electron chi connectivity index (χ1n) is 9.49. The molecule has 0 saturated heterocycles. The van der Waals surface area contributed by atoms with Crippen LogP contribution in [0.2, 0.25) is 0 Å². The quantitative estimate of drug-likeness (QED) is 0.548. The third-order valence-electron chi connectivity index (χ3n) is 4.08. The van der Waals surface area contributed by atoms with E-state index in [1.165, 1.54) is 11.3 Å². The Morgan fingerprint density at radius 2 is 1.90 bits per heavy atom. The Labute approximate surface area is 179 Å². The van der Waals surface area contributed by atoms with Crippen molar-refractivity contribution < 1.29 is 19.1 Å². The van der Waals surface area contributed by atoms with Gasteiger partial charge in [-0.25, -0.2) is 4.98 Å². The fourth-order valence-electron chi connectivity index (χ4n) is 2.69. The van der Waals surface area contributed by atoms with E-state index in [1.807, 2.05) is 36.6 Å². The number of nitrogens with one attached hydrogen (secondary N) is 2. The maximum Gasteiger partial charge on any atom is 0.257 e. The van der Waals surface area contributed by atoms with E-state index in [-0.39, 0.29) is 24.8 Å². The summed E-state index contributed by atoms with van der Waals surface area (Å²) in [6.07, 6.45) is 0.149. The second-order valence-electron chi connectivity index (χ2n) is 6.29. The van der Waals surface area contributed by atoms with Crippen molar-refractivity contribution in [3.8, 4) is 22.1 Å². The zero-order chi connectivity index (χ0) is 21.3. The minimum absolute atomic E-state index is 0.0846. The Morgan fingerprint density at radius 3 is 2.70 bits per heavy atom. The van der Waals surface area contributed by atoms with E-state index in [4.69, 9.17) is 9.47 Å². The molecule has 1 aromatic heterocycles. The van der Waals surface area contributed by atoms with Gasteiger partial charge < -0.3 is 20.1 Å². The van der Waals surface area contributed by atoms with Crippen molar-refractivity contribution in [3.63, 3.8) is 0 Å². The van der Waals surface area contributed by atoms with Crippen molar-refractivity contribution in [2.45, 2.75) is 13.3 Å². The number of benzene rings is 2. The number of para-hydroxylation sites is 1. The standard InChI is InChI=1S/C22H23N3O4S/c1-3-28-19-10-5-4-9-18(19)22-25-16(14-30-22)12-20(26)24-15-7-6-8-17(11-15)29-13-21(27)23-2/h4-11,14H,3,12-13H2,1-2H3,(H,23,27)(H,24,26). The van der Waals surface area contributed by atoms with Gasteiger partial charge in [-0.15, -0.1) is 11.3 Å². The number of thiazole rings is 1. The zero-order valence-corrected chi connectivity index (χ0v) is 17.6. The summed E-state index contributed by atoms with van der Waals surface area (Å²) in [6, 6.07) is 14.6. The smallest absolute Gasteiger partial charge is 0.257 e. The minimum atomic E-state index is -0.227. The van der Waals surface area contributed by atoms with Crippen LogP contribution in [-0.2, 0) is 16.0 Å². The van der Waals surface area contributed by atoms with E-state index in [0.717, 1.165) is 16.3 Å². The molecule has 3 rings (SSSR count). The predicted molar refractivity (Wildman–Crippen MR) is 117 cm³/mol. The van der Waals surface area contributed by atoms with Gasteiger partial charge in [-0.2, -0.15) is 0 Å². The number of carbonyl (C=O) groups is 2. The maximum atomic E-state index is 12.4. The highest BCUT2D eigenvalue weighted by Gasteiger charge is 2.13. The number of hydrogen-bond acceptors (Lipinski definition) is 6. The SMILES string of the molecule is CCOc1ccccc1-c1nc(CC(=O)Nc2cccc(OCC(=O)NC)c2)cs1. The molecule has 0 aliphatic carbocycles. The molecule has 3 aromatic rings. The second kappa shape index (κ2) is 10.4. The van der Waals surface area contributed by atoms with Crippen LogP contribution in [0.1, 0.15) is 12.6 Å². The van der Waals surface area contributed by atoms with Crippen LogP contribution in [0.25, 0.3) is 10.6 Å². The number of hydrogen-bond donors (Lipinski definition) is 2. The summed E-state index contributed by atoms with van der Waals surface area (Å²) in [4.78, 5) is 28.3. The molecular formula is C22H23N3O4S. The van der Waals surface area contributed by atoms with Crippen LogP contribution in [0.4, 0.5) is 5.69 Å². The average Bonchev–Trinajstić information content (AvgIpc) is 3.21. The number of aromatic nitrogens is 1. The molecule has 0 aliphatic heterocycles. The molecule has 0 radical (unpaired) electrons. The van der Waals surface area contributed by atoms with Crippen LogP contribution in [-0.4, -0.2) is 37.1 Å². The highest BCUT2D eigenvalue weighted by molar-refractivity contribution is 7.13. The fourth-order valence-corrected chi connectivity index (χ4v) is 3.54. The van der Waals surface area contributed by atoms with Crippen molar-refractivity contribution in [2.24, 2.45) is 0 Å². The van der Waals surface area contributed by atoms with Crippen LogP contribution >= 0.6 is 11.3 Å². The van der Waals surface area contributed by atoms with Crippen LogP contribution in [0, 0.1) is 0 Å². The van der Waals surface area contributed by atoms with Crippen molar-refractivity contribution >= 4 is 28.8 Å². The molecule has 0 fully saturated rings. The van der Waals surface area contributed by atoms with Gasteiger partial charge in [0.15, 0.2) is 6.61 Å². The summed E-state index contributed by atoms with van der Waals surface area (Å²) in [7, 11) is 1.54. The molecule has 8 heteroatoms. The average molecular weight is 426 g/mol. The molecule has 7 nitrogen and oxygen atoms in total. The molecule has 156 valence electrons. The van der Waals surface area contributed by atoms with Gasteiger partial charge in [-0.3, -0.25) is 9.59 Å². The Morgan fingerprint density at radius 1 is 1.07 bits per heavy atom. The zero-order valence-electron chi connectivity index (χ0n) is 16.8. The molecule has 0 saturated carbocycles. The number of amides is 2. The Hall–Kier alpha value is -3.39. The lowest BCUT2D eigenvalue weighted by atomic mass is 10.2. The molecule has 0 unspecified atom stereocenters. The lowest BCUT2D eigenvalue weighted by Gasteiger charge is -2.08. The van der Waals surface area contributed by atoms with Gasteiger partial charge >= 0.3 is 0 Å². The lowest BCUT2D eigenvalue weighted by Crippen LogP contribution is -2.24. The first-order valence-corrected chi connectivity index (χ1v) is 10.4. The van der Waals surface area contributed by atoms with Gasteiger partial charge in [0.25, 0.3) is 5.91 Å². The van der Waals surface area contributed by atoms with Crippen molar-refractivity contribution in [1.82, 2.24) is 10.3 Å². The molecule has 2 N–H and O–H groups in total. The van der Waals surface area contributed by atoms with Crippen molar-refractivity contribution in [3.05, 3.63) is 59.6 Å². The third-order valence-corrected chi connectivity index (χ3v) is 5.00. The first-order chi connectivity index (χ1) is 14.6. The summed E-state index contributed by atoms with van der Waals surface area (Å²) in [5.41, 5.74) is 2.19. The van der Waals surface area contributed by atoms with E-state index < -0.39 is 0 Å². The van der Waals surface area contributed by atoms with Gasteiger partial charge in [0.05, 0.1) is 24.3 Å². The largest absolute Gasteiger partial charge is 0.493 e. The molecule has 30 heavy (non-hydrogen) atoms. The van der Waals surface area contributed by atoms with Gasteiger partial charge in [-0.05, 0) is 31.2 Å². The molecule has 2 amide bonds. The Bertz CT molecular complexity index is 1020. The first kappa shape index (κ1) is 21.3. The topological polar surface area (TPSA) is 89.6 Å². The summed E-state index contributed by atoms with van der Waals surface area (Å²) in [5.74, 6) is 0.863. The predicted octanol–water partition coefficient (Wildman–Crippen LogP) is 3.51. The number of anilines is 1. The summed E-state index contributed by atoms with van der Waals surface area (Å²) >= 11 is 1.48. The van der Waals surface area contributed by atoms with Crippen molar-refractivity contribution in [1.29, 1.82) is 0 Å². The highest BCUT2D eigenvalue weighted by atomic mass is 32.1. The second-order valence-corrected chi connectivity index (χ2v) is 7.15. The van der Waals surface area contributed by atoms with E-state index in [2.05, 4.69) is 15.6 Å². The molecule has 0 aliphatic rings. The maximum absolute atomic E-state index is 12.4. The van der Waals surface area contributed by atoms with Crippen LogP contribution < -0.4 is 20.1 Å². The molecule has 0 spiro atoms. The van der Waals surface area contributed by atoms with Gasteiger partial charge in [-0.1, -0.05) is 18.2 Å². The Balaban J connectivity index is 1.62. The normalized spacial score (nSPS) is 10.3. The third kappa shape index (κ3) is 5.81. The van der Waals surface area contributed by atoms with Crippen molar-refractivity contribution in [2.75, 3.05) is 25.6 Å². The molecule has 2 aromatic carbocycles. The highest BCUT2D eigenvalue weighted by Crippen LogP contribution is 2.32. The van der Waals surface area contributed by atoms with Crippen LogP contribution in [0.5, 0.6) is 11.5 Å². The van der Waals surface area contributed by atoms with Crippen LogP contribution in [0.15, 0.2) is 53.9 Å². The number of carbonyl (C=O) groups excluding carboxylic acids is 2. The van der Waals surface area contributed by atoms with Gasteiger partial charge in [0.2, 0.25) is 5.91 Å². The number of ether oxygens (including phenoxy) is 2. The van der Waals surface area contributed by atoms with E-state index in [0.29, 0.717) is 23.7 Å². The molecular weight excluding hydrogens is 402 g/mol. The van der Waals surface area contributed by atoms with Gasteiger partial charge in [0.1, 0.15) is 16.5 Å². The van der Waals surface area contributed by atoms with E-state index >= 15 is 0 Å². The lowest BCUT2D eigenvalue weighted by molar-refractivity contribution is -0.122. The fraction of sp³-hybridized carbons (Fsp3) is 0.227. The summed E-state index contributed by atoms with van der Waals surface area (Å²) in [5, 5.41) is 8.01. The van der Waals surface area contributed by atoms with E-state index in [9.17, 15) is 9.59 Å². The summed E-state index contributed by atoms with van der Waals surface area (Å²) < 4.78 is 11.1. The van der Waals surface area contributed by atoms with Crippen LogP contribution in [0.3, 0.4) is 0 Å². The number of nitrogens with zero attached hydrogens (tertiary/aromatic N) is 1. The number of likely N-dealkylation sites (N-methyl/N-ethyl adjacent to an activating group) is 1. The van der Waals surface area contributed by atoms with Gasteiger partial charge in [0, 0.05) is 24.2 Å². The molecule has 1 heterocycles. The Kier molecular flexibility index (Phi) is 7.40. The minimum Gasteiger partial charge on any atom is -0.493 e. The monoisotopic (exact) mass is 425 g/mol.